The number of nitrogen functional groups attached to an aromatic ring is 1. The van der Waals surface area contributed by atoms with Gasteiger partial charge in [0.25, 0.3) is 0 Å². The largest absolute Gasteiger partial charge is 0.491 e. The van der Waals surface area contributed by atoms with Gasteiger partial charge in [-0.3, -0.25) is 0 Å². The summed E-state index contributed by atoms with van der Waals surface area (Å²) in [4.78, 5) is 12.4. The van der Waals surface area contributed by atoms with E-state index in [1.807, 2.05) is 12.1 Å². The van der Waals surface area contributed by atoms with Gasteiger partial charge in [0.2, 0.25) is 0 Å². The lowest BCUT2D eigenvalue weighted by atomic mass is 10.1. The lowest BCUT2D eigenvalue weighted by molar-refractivity contribution is -0.0471. The molecule has 1 aromatic carbocycles. The summed E-state index contributed by atoms with van der Waals surface area (Å²) in [6.45, 7) is 0.0388. The standard InChI is InChI=1S/C20H18ClN5O4/c21-15-4-2-10-1-3-11(7-13(10)25-15)29-8-14-16(27)17(28)20(30-14)26-6-5-12-18(22)23-9-24-19(12)26/h1-7,9,14,16-17,20,27-28H,8H2,(H2,22,23,24)/t14-,16-,17-,20-/m1/s1. The molecule has 1 aliphatic heterocycles. The van der Waals surface area contributed by atoms with Crippen LogP contribution in [0, 0.1) is 0 Å². The van der Waals surface area contributed by atoms with E-state index in [9.17, 15) is 10.2 Å². The lowest BCUT2D eigenvalue weighted by Crippen LogP contribution is -2.34. The molecule has 5 rings (SSSR count). The molecular weight excluding hydrogens is 410 g/mol. The molecule has 1 saturated heterocycles. The van der Waals surface area contributed by atoms with Gasteiger partial charge < -0.3 is 30.0 Å². The van der Waals surface area contributed by atoms with Crippen molar-refractivity contribution >= 4 is 39.4 Å². The summed E-state index contributed by atoms with van der Waals surface area (Å²) in [5.41, 5.74) is 7.08. The third-order valence-corrected chi connectivity index (χ3v) is 5.41. The van der Waals surface area contributed by atoms with Gasteiger partial charge in [-0.25, -0.2) is 15.0 Å². The monoisotopic (exact) mass is 427 g/mol. The summed E-state index contributed by atoms with van der Waals surface area (Å²) in [5, 5.41) is 23.0. The van der Waals surface area contributed by atoms with Crippen LogP contribution in [0.5, 0.6) is 5.75 Å². The normalized spacial score (nSPS) is 24.0. The Balaban J connectivity index is 1.34. The fraction of sp³-hybridized carbons (Fsp3) is 0.250. The molecule has 4 aromatic rings. The Morgan fingerprint density at radius 1 is 1.13 bits per heavy atom. The number of anilines is 1. The van der Waals surface area contributed by atoms with E-state index in [0.29, 0.717) is 33.3 Å². The summed E-state index contributed by atoms with van der Waals surface area (Å²) in [6.07, 6.45) is -0.852. The highest BCUT2D eigenvalue weighted by molar-refractivity contribution is 6.29. The molecule has 1 aliphatic rings. The fourth-order valence-electron chi connectivity index (χ4n) is 3.63. The van der Waals surface area contributed by atoms with Gasteiger partial charge in [0, 0.05) is 17.6 Å². The van der Waals surface area contributed by atoms with Crippen LogP contribution in [-0.4, -0.2) is 54.7 Å². The first-order valence-corrected chi connectivity index (χ1v) is 9.67. The van der Waals surface area contributed by atoms with Crippen molar-refractivity contribution in [3.05, 3.63) is 54.1 Å². The van der Waals surface area contributed by atoms with Crippen molar-refractivity contribution < 1.29 is 19.7 Å². The van der Waals surface area contributed by atoms with Gasteiger partial charge in [0.15, 0.2) is 6.23 Å². The highest BCUT2D eigenvalue weighted by atomic mass is 35.5. The second-order valence-electron chi connectivity index (χ2n) is 7.06. The predicted octanol–water partition coefficient (Wildman–Crippen LogP) is 1.91. The van der Waals surface area contributed by atoms with Crippen LogP contribution < -0.4 is 10.5 Å². The topological polar surface area (TPSA) is 129 Å². The number of pyridine rings is 1. The molecule has 1 fully saturated rings. The van der Waals surface area contributed by atoms with Crippen LogP contribution in [0.4, 0.5) is 5.82 Å². The summed E-state index contributed by atoms with van der Waals surface area (Å²) in [6, 6.07) is 10.8. The van der Waals surface area contributed by atoms with Crippen LogP contribution in [0.15, 0.2) is 48.9 Å². The molecule has 0 bridgehead atoms. The number of ether oxygens (including phenoxy) is 2. The second-order valence-corrected chi connectivity index (χ2v) is 7.45. The van der Waals surface area contributed by atoms with E-state index in [-0.39, 0.29) is 6.61 Å². The summed E-state index contributed by atoms with van der Waals surface area (Å²) in [7, 11) is 0. The van der Waals surface area contributed by atoms with E-state index in [1.165, 1.54) is 6.33 Å². The Morgan fingerprint density at radius 3 is 2.83 bits per heavy atom. The van der Waals surface area contributed by atoms with Crippen molar-refractivity contribution in [3.63, 3.8) is 0 Å². The van der Waals surface area contributed by atoms with E-state index in [0.717, 1.165) is 5.39 Å². The number of hydrogen-bond donors (Lipinski definition) is 3. The molecule has 9 nitrogen and oxygen atoms in total. The third kappa shape index (κ3) is 3.21. The maximum atomic E-state index is 10.5. The first-order valence-electron chi connectivity index (χ1n) is 9.29. The molecule has 0 unspecified atom stereocenters. The second kappa shape index (κ2) is 7.37. The molecule has 0 aliphatic carbocycles. The zero-order valence-electron chi connectivity index (χ0n) is 15.6. The minimum absolute atomic E-state index is 0.0388. The first kappa shape index (κ1) is 19.0. The summed E-state index contributed by atoms with van der Waals surface area (Å²) >= 11 is 5.95. The van der Waals surface area contributed by atoms with E-state index >= 15 is 0 Å². The zero-order chi connectivity index (χ0) is 20.8. The van der Waals surface area contributed by atoms with Crippen LogP contribution in [0.1, 0.15) is 6.23 Å². The zero-order valence-corrected chi connectivity index (χ0v) is 16.3. The van der Waals surface area contributed by atoms with E-state index in [2.05, 4.69) is 15.0 Å². The number of aliphatic hydroxyl groups is 2. The Bertz CT molecular complexity index is 1230. The van der Waals surface area contributed by atoms with Gasteiger partial charge in [-0.15, -0.1) is 0 Å². The Kier molecular flexibility index (Phi) is 4.67. The number of benzene rings is 1. The number of aliphatic hydroxyl groups excluding tert-OH is 2. The molecule has 10 heteroatoms. The van der Waals surface area contributed by atoms with Crippen molar-refractivity contribution in [2.45, 2.75) is 24.5 Å². The highest BCUT2D eigenvalue weighted by Gasteiger charge is 2.44. The van der Waals surface area contributed by atoms with Crippen molar-refractivity contribution in [2.24, 2.45) is 0 Å². The van der Waals surface area contributed by atoms with Gasteiger partial charge >= 0.3 is 0 Å². The smallest absolute Gasteiger partial charge is 0.164 e. The first-order chi connectivity index (χ1) is 14.5. The van der Waals surface area contributed by atoms with E-state index in [4.69, 9.17) is 26.8 Å². The quantitative estimate of drug-likeness (QED) is 0.421. The number of rotatable bonds is 4. The SMILES string of the molecule is Nc1ncnc2c1ccn2[C@@H]1O[C@H](COc2ccc3ccc(Cl)nc3c2)[C@@H](O)[C@H]1O. The van der Waals surface area contributed by atoms with Crippen LogP contribution in [0.3, 0.4) is 0 Å². The van der Waals surface area contributed by atoms with Crippen LogP contribution in [0.2, 0.25) is 5.15 Å². The van der Waals surface area contributed by atoms with Crippen molar-refractivity contribution in [2.75, 3.05) is 12.3 Å². The Labute approximate surface area is 175 Å². The molecule has 30 heavy (non-hydrogen) atoms. The summed E-state index contributed by atoms with van der Waals surface area (Å²) < 4.78 is 13.3. The number of hydrogen-bond acceptors (Lipinski definition) is 8. The van der Waals surface area contributed by atoms with Gasteiger partial charge in [0.05, 0.1) is 10.9 Å². The molecule has 4 atom stereocenters. The van der Waals surface area contributed by atoms with Crippen LogP contribution in [-0.2, 0) is 4.74 Å². The minimum atomic E-state index is -1.16. The van der Waals surface area contributed by atoms with E-state index in [1.54, 1.807) is 35.0 Å². The van der Waals surface area contributed by atoms with Gasteiger partial charge in [0.1, 0.15) is 53.6 Å². The molecule has 154 valence electrons. The number of fused-ring (bicyclic) bond motifs is 2. The van der Waals surface area contributed by atoms with Crippen LogP contribution >= 0.6 is 11.6 Å². The van der Waals surface area contributed by atoms with Crippen LogP contribution in [0.25, 0.3) is 21.9 Å². The van der Waals surface area contributed by atoms with Crippen molar-refractivity contribution in [1.82, 2.24) is 19.5 Å². The van der Waals surface area contributed by atoms with Crippen molar-refractivity contribution in [3.8, 4) is 5.75 Å². The Hall–Kier alpha value is -2.98. The molecule has 3 aromatic heterocycles. The molecule has 4 heterocycles. The number of nitrogens with zero attached hydrogens (tertiary/aromatic N) is 4. The average Bonchev–Trinajstić information content (AvgIpc) is 3.29. The molecular formula is C20H18ClN5O4. The predicted molar refractivity (Wildman–Crippen MR) is 110 cm³/mol. The number of nitrogens with two attached hydrogens (primary N) is 1. The van der Waals surface area contributed by atoms with Gasteiger partial charge in [-0.1, -0.05) is 11.6 Å². The average molecular weight is 428 g/mol. The Morgan fingerprint density at radius 2 is 1.97 bits per heavy atom. The van der Waals surface area contributed by atoms with Crippen molar-refractivity contribution in [1.29, 1.82) is 0 Å². The van der Waals surface area contributed by atoms with Gasteiger partial charge in [-0.05, 0) is 30.3 Å². The van der Waals surface area contributed by atoms with Gasteiger partial charge in [-0.2, -0.15) is 0 Å². The third-order valence-electron chi connectivity index (χ3n) is 5.20. The van der Waals surface area contributed by atoms with E-state index < -0.39 is 24.5 Å². The highest BCUT2D eigenvalue weighted by Crippen LogP contribution is 2.33. The molecule has 0 spiro atoms. The summed E-state index contributed by atoms with van der Waals surface area (Å²) in [5.74, 6) is 0.884. The molecule has 4 N–H and O–H groups in total. The fourth-order valence-corrected chi connectivity index (χ4v) is 3.79. The maximum absolute atomic E-state index is 10.5. The molecule has 0 radical (unpaired) electrons. The maximum Gasteiger partial charge on any atom is 0.164 e. The number of aromatic nitrogens is 4. The molecule has 0 saturated carbocycles. The lowest BCUT2D eigenvalue weighted by Gasteiger charge is -2.17. The minimum Gasteiger partial charge on any atom is -0.491 e. The number of halogens is 1. The molecule has 0 amide bonds.